The quantitative estimate of drug-likeness (QED) is 0.526. The van der Waals surface area contributed by atoms with E-state index in [0.717, 1.165) is 31.9 Å². The Bertz CT molecular complexity index is 902. The van der Waals surface area contributed by atoms with Gasteiger partial charge in [-0.3, -0.25) is 0 Å². The molecule has 0 N–H and O–H groups in total. The first-order chi connectivity index (χ1) is 11.2. The summed E-state index contributed by atoms with van der Waals surface area (Å²) in [5.74, 6) is 0. The second kappa shape index (κ2) is 6.91. The Morgan fingerprint density at radius 2 is 1.91 bits per heavy atom. The van der Waals surface area contributed by atoms with Gasteiger partial charge in [-0.05, 0) is 36.3 Å². The molecular weight excluding hydrogens is 368 g/mol. The van der Waals surface area contributed by atoms with E-state index in [2.05, 4.69) is 27.0 Å². The standard InChI is InChI=1S/C19H13BrN2S/c1-13-4-2-3-5-15(13)10-16(11-21)19-22-18(12-23-19)14-6-8-17(20)9-7-14/h2-10,12H,1H3/b16-10-. The van der Waals surface area contributed by atoms with E-state index in [1.165, 1.54) is 11.3 Å². The number of rotatable bonds is 3. The number of hydrogen-bond donors (Lipinski definition) is 0. The summed E-state index contributed by atoms with van der Waals surface area (Å²) in [6, 6.07) is 18.3. The van der Waals surface area contributed by atoms with E-state index in [-0.39, 0.29) is 0 Å². The van der Waals surface area contributed by atoms with Crippen LogP contribution >= 0.6 is 27.3 Å². The number of benzene rings is 2. The molecule has 3 rings (SSSR count). The Balaban J connectivity index is 1.96. The molecule has 0 bridgehead atoms. The van der Waals surface area contributed by atoms with Gasteiger partial charge >= 0.3 is 0 Å². The molecule has 0 atom stereocenters. The van der Waals surface area contributed by atoms with Gasteiger partial charge in [0.25, 0.3) is 0 Å². The maximum atomic E-state index is 9.49. The molecule has 2 aromatic carbocycles. The zero-order valence-corrected chi connectivity index (χ0v) is 14.9. The van der Waals surface area contributed by atoms with Crippen LogP contribution in [0.25, 0.3) is 22.9 Å². The fourth-order valence-electron chi connectivity index (χ4n) is 2.20. The van der Waals surface area contributed by atoms with Gasteiger partial charge in [-0.15, -0.1) is 11.3 Å². The molecule has 23 heavy (non-hydrogen) atoms. The third kappa shape index (κ3) is 3.58. The summed E-state index contributed by atoms with van der Waals surface area (Å²) < 4.78 is 1.04. The van der Waals surface area contributed by atoms with Crippen LogP contribution < -0.4 is 0 Å². The van der Waals surface area contributed by atoms with E-state index in [1.807, 2.05) is 66.9 Å². The van der Waals surface area contributed by atoms with Crippen LogP contribution in [-0.4, -0.2) is 4.98 Å². The van der Waals surface area contributed by atoms with Crippen molar-refractivity contribution in [2.24, 2.45) is 0 Å². The molecule has 3 aromatic rings. The van der Waals surface area contributed by atoms with E-state index in [0.29, 0.717) is 5.57 Å². The molecule has 112 valence electrons. The van der Waals surface area contributed by atoms with Crippen molar-refractivity contribution >= 4 is 38.9 Å². The highest BCUT2D eigenvalue weighted by molar-refractivity contribution is 9.10. The minimum Gasteiger partial charge on any atom is -0.235 e. The molecule has 0 radical (unpaired) electrons. The van der Waals surface area contributed by atoms with Crippen LogP contribution in [0, 0.1) is 18.3 Å². The SMILES string of the molecule is Cc1ccccc1/C=C(/C#N)c1nc(-c2ccc(Br)cc2)cs1. The van der Waals surface area contributed by atoms with Crippen molar-refractivity contribution in [3.8, 4) is 17.3 Å². The smallest absolute Gasteiger partial charge is 0.134 e. The number of nitrogens with zero attached hydrogens (tertiary/aromatic N) is 2. The zero-order chi connectivity index (χ0) is 16.2. The zero-order valence-electron chi connectivity index (χ0n) is 12.5. The van der Waals surface area contributed by atoms with E-state index >= 15 is 0 Å². The summed E-state index contributed by atoms with van der Waals surface area (Å²) in [5, 5.41) is 12.2. The molecule has 0 aliphatic rings. The van der Waals surface area contributed by atoms with Crippen LogP contribution in [0.3, 0.4) is 0 Å². The molecule has 0 saturated carbocycles. The summed E-state index contributed by atoms with van der Waals surface area (Å²) in [5.41, 5.74) is 4.72. The van der Waals surface area contributed by atoms with E-state index in [1.54, 1.807) is 0 Å². The number of allylic oxidation sites excluding steroid dienone is 1. The summed E-state index contributed by atoms with van der Waals surface area (Å²) in [6.45, 7) is 2.04. The maximum absolute atomic E-state index is 9.49. The minimum atomic E-state index is 0.590. The topological polar surface area (TPSA) is 36.7 Å². The summed E-state index contributed by atoms with van der Waals surface area (Å²) in [4.78, 5) is 4.62. The third-order valence-electron chi connectivity index (χ3n) is 3.48. The van der Waals surface area contributed by atoms with Crippen LogP contribution in [0.15, 0.2) is 58.4 Å². The number of nitriles is 1. The second-order valence-corrected chi connectivity index (χ2v) is 6.84. The predicted octanol–water partition coefficient (Wildman–Crippen LogP) is 5.95. The van der Waals surface area contributed by atoms with Gasteiger partial charge in [-0.1, -0.05) is 52.3 Å². The number of thiazole rings is 1. The Morgan fingerprint density at radius 1 is 1.17 bits per heavy atom. The third-order valence-corrected chi connectivity index (χ3v) is 4.89. The lowest BCUT2D eigenvalue weighted by Crippen LogP contribution is -1.84. The van der Waals surface area contributed by atoms with Gasteiger partial charge in [0, 0.05) is 15.4 Å². The monoisotopic (exact) mass is 380 g/mol. The van der Waals surface area contributed by atoms with Gasteiger partial charge < -0.3 is 0 Å². The van der Waals surface area contributed by atoms with E-state index in [4.69, 9.17) is 0 Å². The molecule has 0 aliphatic carbocycles. The molecule has 0 aliphatic heterocycles. The molecule has 0 spiro atoms. The van der Waals surface area contributed by atoms with Crippen molar-refractivity contribution in [3.05, 3.63) is 74.5 Å². The van der Waals surface area contributed by atoms with Crippen molar-refractivity contribution in [2.45, 2.75) is 6.92 Å². The number of aromatic nitrogens is 1. The molecule has 0 fully saturated rings. The number of halogens is 1. The van der Waals surface area contributed by atoms with Crippen molar-refractivity contribution in [2.75, 3.05) is 0 Å². The first kappa shape index (κ1) is 15.7. The Morgan fingerprint density at radius 3 is 2.61 bits per heavy atom. The average molecular weight is 381 g/mol. The van der Waals surface area contributed by atoms with Crippen molar-refractivity contribution in [1.29, 1.82) is 5.26 Å². The number of hydrogen-bond acceptors (Lipinski definition) is 3. The van der Waals surface area contributed by atoms with Crippen molar-refractivity contribution in [3.63, 3.8) is 0 Å². The Hall–Kier alpha value is -2.22. The highest BCUT2D eigenvalue weighted by Crippen LogP contribution is 2.28. The van der Waals surface area contributed by atoms with Gasteiger partial charge in [0.05, 0.1) is 11.3 Å². The van der Waals surface area contributed by atoms with Gasteiger partial charge in [-0.25, -0.2) is 4.98 Å². The Kier molecular flexibility index (Phi) is 4.71. The molecule has 1 aromatic heterocycles. The highest BCUT2D eigenvalue weighted by atomic mass is 79.9. The van der Waals surface area contributed by atoms with Gasteiger partial charge in [0.1, 0.15) is 11.1 Å². The molecule has 0 amide bonds. The van der Waals surface area contributed by atoms with Crippen LogP contribution in [0.5, 0.6) is 0 Å². The molecule has 2 nitrogen and oxygen atoms in total. The first-order valence-electron chi connectivity index (χ1n) is 7.06. The second-order valence-electron chi connectivity index (χ2n) is 5.07. The number of aryl methyl sites for hydroxylation is 1. The van der Waals surface area contributed by atoms with Crippen molar-refractivity contribution < 1.29 is 0 Å². The molecule has 4 heteroatoms. The van der Waals surface area contributed by atoms with Gasteiger partial charge in [0.2, 0.25) is 0 Å². The van der Waals surface area contributed by atoms with Crippen LogP contribution in [0.1, 0.15) is 16.1 Å². The summed E-state index contributed by atoms with van der Waals surface area (Å²) in [6.07, 6.45) is 1.90. The van der Waals surface area contributed by atoms with Crippen LogP contribution in [0.2, 0.25) is 0 Å². The molecule has 1 heterocycles. The maximum Gasteiger partial charge on any atom is 0.134 e. The fraction of sp³-hybridized carbons (Fsp3) is 0.0526. The lowest BCUT2D eigenvalue weighted by molar-refractivity contribution is 1.37. The van der Waals surface area contributed by atoms with Crippen molar-refractivity contribution in [1.82, 2.24) is 4.98 Å². The van der Waals surface area contributed by atoms with Crippen LogP contribution in [-0.2, 0) is 0 Å². The lowest BCUT2D eigenvalue weighted by Gasteiger charge is -2.00. The minimum absolute atomic E-state index is 0.590. The highest BCUT2D eigenvalue weighted by Gasteiger charge is 2.09. The predicted molar refractivity (Wildman–Crippen MR) is 99.9 cm³/mol. The summed E-state index contributed by atoms with van der Waals surface area (Å²) in [7, 11) is 0. The largest absolute Gasteiger partial charge is 0.235 e. The van der Waals surface area contributed by atoms with Crippen LogP contribution in [0.4, 0.5) is 0 Å². The van der Waals surface area contributed by atoms with E-state index in [9.17, 15) is 5.26 Å². The van der Waals surface area contributed by atoms with Gasteiger partial charge in [0.15, 0.2) is 0 Å². The van der Waals surface area contributed by atoms with Gasteiger partial charge in [-0.2, -0.15) is 5.26 Å². The lowest BCUT2D eigenvalue weighted by atomic mass is 10.1. The first-order valence-corrected chi connectivity index (χ1v) is 8.74. The Labute approximate surface area is 147 Å². The van der Waals surface area contributed by atoms with E-state index < -0.39 is 0 Å². The summed E-state index contributed by atoms with van der Waals surface area (Å²) >= 11 is 4.92. The average Bonchev–Trinajstić information content (AvgIpc) is 3.04. The molecule has 0 saturated heterocycles. The molecule has 0 unspecified atom stereocenters. The molecular formula is C19H13BrN2S. The normalized spacial score (nSPS) is 11.3. The fourth-order valence-corrected chi connectivity index (χ4v) is 3.26.